The van der Waals surface area contributed by atoms with Gasteiger partial charge in [-0.25, -0.2) is 4.39 Å². The number of phenols is 1. The molecule has 1 N–H and O–H groups in total. The van der Waals surface area contributed by atoms with Gasteiger partial charge in [0.1, 0.15) is 17.3 Å². The van der Waals surface area contributed by atoms with E-state index in [9.17, 15) is 14.3 Å². The smallest absolute Gasteiger partial charge is 0.229 e. The molecule has 0 unspecified atom stereocenters. The van der Waals surface area contributed by atoms with E-state index in [-0.39, 0.29) is 29.4 Å². The van der Waals surface area contributed by atoms with Gasteiger partial charge in [0.15, 0.2) is 0 Å². The molecule has 0 saturated carbocycles. The van der Waals surface area contributed by atoms with Crippen molar-refractivity contribution in [3.8, 4) is 11.5 Å². The maximum Gasteiger partial charge on any atom is 0.229 e. The average molecular weight is 400 g/mol. The minimum atomic E-state index is -0.306. The fourth-order valence-electron chi connectivity index (χ4n) is 3.78. The molecule has 29 heavy (non-hydrogen) atoms. The monoisotopic (exact) mass is 400 g/mol. The fraction of sp³-hybridized carbons (Fsp3) is 0.435. The van der Waals surface area contributed by atoms with Crippen molar-refractivity contribution in [2.45, 2.75) is 39.3 Å². The lowest BCUT2D eigenvalue weighted by Gasteiger charge is -2.39. The number of carbonyl (C=O) groups is 1. The SMILES string of the molecule is COc1ccc(CN2CCC(N(C(=O)C(C)C)c3ccc(F)cc3)CC2)c(O)c1. The molecule has 1 aliphatic rings. The maximum atomic E-state index is 13.4. The first-order valence-corrected chi connectivity index (χ1v) is 10.1. The van der Waals surface area contributed by atoms with E-state index >= 15 is 0 Å². The van der Waals surface area contributed by atoms with Crippen molar-refractivity contribution in [2.75, 3.05) is 25.1 Å². The Kier molecular flexibility index (Phi) is 6.75. The number of aromatic hydroxyl groups is 1. The minimum absolute atomic E-state index is 0.0582. The highest BCUT2D eigenvalue weighted by molar-refractivity contribution is 5.95. The summed E-state index contributed by atoms with van der Waals surface area (Å²) in [5, 5.41) is 10.2. The van der Waals surface area contributed by atoms with Crippen LogP contribution in [0.5, 0.6) is 11.5 Å². The van der Waals surface area contributed by atoms with E-state index in [2.05, 4.69) is 4.90 Å². The third-order valence-electron chi connectivity index (χ3n) is 5.44. The van der Waals surface area contributed by atoms with Crippen LogP contribution in [-0.2, 0) is 11.3 Å². The first-order chi connectivity index (χ1) is 13.9. The first-order valence-electron chi connectivity index (χ1n) is 10.1. The number of phenolic OH excluding ortho intramolecular Hbond substituents is 1. The van der Waals surface area contributed by atoms with Gasteiger partial charge < -0.3 is 14.7 Å². The Bertz CT molecular complexity index is 831. The molecule has 0 spiro atoms. The molecular formula is C23H29FN2O3. The van der Waals surface area contributed by atoms with Gasteiger partial charge in [-0.1, -0.05) is 19.9 Å². The van der Waals surface area contributed by atoms with E-state index in [0.717, 1.165) is 37.2 Å². The molecule has 1 heterocycles. The predicted molar refractivity (Wildman–Crippen MR) is 112 cm³/mol. The summed E-state index contributed by atoms with van der Waals surface area (Å²) in [5.41, 5.74) is 1.61. The number of carbonyl (C=O) groups excluding carboxylic acids is 1. The maximum absolute atomic E-state index is 13.4. The number of benzene rings is 2. The number of ether oxygens (including phenoxy) is 1. The van der Waals surface area contributed by atoms with Crippen molar-refractivity contribution in [2.24, 2.45) is 5.92 Å². The van der Waals surface area contributed by atoms with Crippen molar-refractivity contribution in [1.82, 2.24) is 4.90 Å². The molecule has 3 rings (SSSR count). The Hall–Kier alpha value is -2.60. The summed E-state index contributed by atoms with van der Waals surface area (Å²) >= 11 is 0. The van der Waals surface area contributed by atoms with Crippen LogP contribution in [0.2, 0.25) is 0 Å². The molecule has 0 radical (unpaired) electrons. The molecule has 1 fully saturated rings. The first kappa shape index (κ1) is 21.1. The van der Waals surface area contributed by atoms with Crippen LogP contribution in [0.3, 0.4) is 0 Å². The van der Waals surface area contributed by atoms with Crippen molar-refractivity contribution in [1.29, 1.82) is 0 Å². The second kappa shape index (κ2) is 9.27. The van der Waals surface area contributed by atoms with Crippen molar-refractivity contribution in [3.63, 3.8) is 0 Å². The quantitative estimate of drug-likeness (QED) is 0.790. The Morgan fingerprint density at radius 2 is 1.86 bits per heavy atom. The zero-order valence-electron chi connectivity index (χ0n) is 17.3. The van der Waals surface area contributed by atoms with Gasteiger partial charge in [-0.05, 0) is 43.2 Å². The number of halogens is 1. The number of rotatable bonds is 6. The van der Waals surface area contributed by atoms with Crippen LogP contribution >= 0.6 is 0 Å². The molecule has 6 heteroatoms. The number of hydrogen-bond donors (Lipinski definition) is 1. The highest BCUT2D eigenvalue weighted by Crippen LogP contribution is 2.29. The summed E-state index contributed by atoms with van der Waals surface area (Å²) in [6, 6.07) is 11.6. The molecule has 5 nitrogen and oxygen atoms in total. The molecule has 1 amide bonds. The lowest BCUT2D eigenvalue weighted by atomic mass is 9.99. The highest BCUT2D eigenvalue weighted by Gasteiger charge is 2.30. The number of piperidine rings is 1. The number of hydrogen-bond acceptors (Lipinski definition) is 4. The fourth-order valence-corrected chi connectivity index (χ4v) is 3.78. The average Bonchev–Trinajstić information content (AvgIpc) is 2.72. The van der Waals surface area contributed by atoms with E-state index in [1.54, 1.807) is 25.3 Å². The van der Waals surface area contributed by atoms with Crippen LogP contribution in [0, 0.1) is 11.7 Å². The van der Waals surface area contributed by atoms with Crippen molar-refractivity contribution in [3.05, 3.63) is 53.8 Å². The van der Waals surface area contributed by atoms with Gasteiger partial charge in [-0.15, -0.1) is 0 Å². The summed E-state index contributed by atoms with van der Waals surface area (Å²) in [6.07, 6.45) is 1.65. The molecule has 156 valence electrons. The van der Waals surface area contributed by atoms with E-state index < -0.39 is 0 Å². The Morgan fingerprint density at radius 3 is 2.41 bits per heavy atom. The number of methoxy groups -OCH3 is 1. The molecular weight excluding hydrogens is 371 g/mol. The van der Waals surface area contributed by atoms with Crippen LogP contribution < -0.4 is 9.64 Å². The zero-order chi connectivity index (χ0) is 21.0. The van der Waals surface area contributed by atoms with Crippen LogP contribution in [0.4, 0.5) is 10.1 Å². The summed E-state index contributed by atoms with van der Waals surface area (Å²) in [7, 11) is 1.57. The second-order valence-corrected chi connectivity index (χ2v) is 7.84. The van der Waals surface area contributed by atoms with Crippen molar-refractivity contribution < 1.29 is 19.0 Å². The molecule has 0 bridgehead atoms. The molecule has 2 aromatic carbocycles. The van der Waals surface area contributed by atoms with Gasteiger partial charge in [0.2, 0.25) is 5.91 Å². The zero-order valence-corrected chi connectivity index (χ0v) is 17.3. The number of likely N-dealkylation sites (tertiary alicyclic amines) is 1. The lowest BCUT2D eigenvalue weighted by Crippen LogP contribution is -2.48. The number of amides is 1. The lowest BCUT2D eigenvalue weighted by molar-refractivity contribution is -0.122. The molecule has 2 aromatic rings. The van der Waals surface area contributed by atoms with E-state index in [0.29, 0.717) is 12.3 Å². The van der Waals surface area contributed by atoms with Gasteiger partial charge in [0, 0.05) is 48.9 Å². The van der Waals surface area contributed by atoms with E-state index in [1.165, 1.54) is 12.1 Å². The largest absolute Gasteiger partial charge is 0.507 e. The van der Waals surface area contributed by atoms with Gasteiger partial charge >= 0.3 is 0 Å². The Balaban J connectivity index is 1.68. The molecule has 0 aliphatic carbocycles. The normalized spacial score (nSPS) is 15.5. The molecule has 1 saturated heterocycles. The molecule has 1 aliphatic heterocycles. The summed E-state index contributed by atoms with van der Waals surface area (Å²) in [6.45, 7) is 6.07. The predicted octanol–water partition coefficient (Wildman–Crippen LogP) is 4.19. The van der Waals surface area contributed by atoms with Gasteiger partial charge in [-0.2, -0.15) is 0 Å². The van der Waals surface area contributed by atoms with Gasteiger partial charge in [0.25, 0.3) is 0 Å². The summed E-state index contributed by atoms with van der Waals surface area (Å²) in [5.74, 6) is 0.485. The Labute approximate surface area is 171 Å². The number of anilines is 1. The second-order valence-electron chi connectivity index (χ2n) is 7.84. The van der Waals surface area contributed by atoms with E-state index in [4.69, 9.17) is 4.74 Å². The van der Waals surface area contributed by atoms with Crippen LogP contribution in [0.15, 0.2) is 42.5 Å². The highest BCUT2D eigenvalue weighted by atomic mass is 19.1. The van der Waals surface area contributed by atoms with E-state index in [1.807, 2.05) is 30.9 Å². The molecule has 0 atom stereocenters. The number of nitrogens with zero attached hydrogens (tertiary/aromatic N) is 2. The third-order valence-corrected chi connectivity index (χ3v) is 5.44. The summed E-state index contributed by atoms with van der Waals surface area (Å²) < 4.78 is 18.5. The van der Waals surface area contributed by atoms with Crippen LogP contribution in [0.1, 0.15) is 32.3 Å². The third kappa shape index (κ3) is 5.07. The van der Waals surface area contributed by atoms with Gasteiger partial charge in [0.05, 0.1) is 7.11 Å². The Morgan fingerprint density at radius 1 is 1.21 bits per heavy atom. The van der Waals surface area contributed by atoms with Gasteiger partial charge in [-0.3, -0.25) is 9.69 Å². The molecule has 0 aromatic heterocycles. The topological polar surface area (TPSA) is 53.0 Å². The summed E-state index contributed by atoms with van der Waals surface area (Å²) in [4.78, 5) is 17.0. The van der Waals surface area contributed by atoms with Crippen LogP contribution in [0.25, 0.3) is 0 Å². The minimum Gasteiger partial charge on any atom is -0.507 e. The van der Waals surface area contributed by atoms with Crippen molar-refractivity contribution >= 4 is 11.6 Å². The standard InChI is InChI=1S/C23H29FN2O3/c1-16(2)23(28)26(19-7-5-18(24)6-8-19)20-10-12-25(13-11-20)15-17-4-9-21(29-3)14-22(17)27/h4-9,14,16,20,27H,10-13,15H2,1-3H3. The van der Waals surface area contributed by atoms with Crippen LogP contribution in [-0.4, -0.2) is 42.2 Å².